The van der Waals surface area contributed by atoms with Crippen LogP contribution in [0.3, 0.4) is 0 Å². The second kappa shape index (κ2) is 16.1. The number of Topliss-reactive ketones (excluding diaryl/α,β-unsaturated/α-hetero) is 1. The number of ether oxygens (including phenoxy) is 1. The van der Waals surface area contributed by atoms with Crippen molar-refractivity contribution >= 4 is 20.6 Å². The van der Waals surface area contributed by atoms with E-state index in [1.54, 1.807) is 0 Å². The molecule has 0 unspecified atom stereocenters. The van der Waals surface area contributed by atoms with Crippen molar-refractivity contribution in [3.63, 3.8) is 0 Å². The SMILES string of the molecule is CCCC/C=C/[C@@H](CC(=O)CCC[C@@H](CCCCC)OC=O)O[Si](C)(C)C. The Morgan fingerprint density at radius 3 is 2.26 bits per heavy atom. The molecule has 0 aromatic heterocycles. The number of hydrogen-bond acceptors (Lipinski definition) is 4. The van der Waals surface area contributed by atoms with Crippen LogP contribution < -0.4 is 0 Å². The van der Waals surface area contributed by atoms with E-state index in [1.807, 2.05) is 0 Å². The molecule has 0 aromatic rings. The summed E-state index contributed by atoms with van der Waals surface area (Å²) in [6.45, 7) is 11.3. The minimum atomic E-state index is -1.70. The summed E-state index contributed by atoms with van der Waals surface area (Å²) in [4.78, 5) is 23.1. The first-order chi connectivity index (χ1) is 12.8. The van der Waals surface area contributed by atoms with Gasteiger partial charge in [0.2, 0.25) is 0 Å². The molecular weight excluding hydrogens is 356 g/mol. The summed E-state index contributed by atoms with van der Waals surface area (Å²) >= 11 is 0. The number of carbonyl (C=O) groups is 2. The van der Waals surface area contributed by atoms with Crippen LogP contribution in [-0.4, -0.2) is 32.8 Å². The summed E-state index contributed by atoms with van der Waals surface area (Å²) in [6.07, 6.45) is 14.2. The van der Waals surface area contributed by atoms with Crippen LogP contribution in [0.2, 0.25) is 19.6 Å². The van der Waals surface area contributed by atoms with Crippen molar-refractivity contribution in [3.05, 3.63) is 12.2 Å². The maximum Gasteiger partial charge on any atom is 0.293 e. The topological polar surface area (TPSA) is 52.6 Å². The first-order valence-corrected chi connectivity index (χ1v) is 14.2. The average Bonchev–Trinajstić information content (AvgIpc) is 2.57. The number of rotatable bonds is 18. The zero-order chi connectivity index (χ0) is 20.5. The molecule has 0 heterocycles. The predicted molar refractivity (Wildman–Crippen MR) is 115 cm³/mol. The number of allylic oxidation sites excluding steroid dienone is 1. The first-order valence-electron chi connectivity index (χ1n) is 10.8. The highest BCUT2D eigenvalue weighted by atomic mass is 28.4. The van der Waals surface area contributed by atoms with Crippen LogP contribution in [0.1, 0.15) is 84.5 Å². The van der Waals surface area contributed by atoms with Gasteiger partial charge in [0.1, 0.15) is 11.9 Å². The van der Waals surface area contributed by atoms with Crippen molar-refractivity contribution in [2.75, 3.05) is 0 Å². The van der Waals surface area contributed by atoms with Gasteiger partial charge in [0.05, 0.1) is 6.10 Å². The van der Waals surface area contributed by atoms with E-state index in [4.69, 9.17) is 9.16 Å². The third-order valence-electron chi connectivity index (χ3n) is 4.37. The fraction of sp³-hybridized carbons (Fsp3) is 0.818. The van der Waals surface area contributed by atoms with Crippen LogP contribution in [-0.2, 0) is 18.8 Å². The predicted octanol–water partition coefficient (Wildman–Crippen LogP) is 6.20. The van der Waals surface area contributed by atoms with Gasteiger partial charge in [-0.2, -0.15) is 0 Å². The molecule has 0 saturated heterocycles. The molecule has 0 rings (SSSR count). The van der Waals surface area contributed by atoms with Crippen molar-refractivity contribution in [2.45, 2.75) is 116 Å². The van der Waals surface area contributed by atoms with Gasteiger partial charge in [-0.1, -0.05) is 51.7 Å². The number of carbonyl (C=O) groups excluding carboxylic acids is 2. The molecule has 0 aliphatic carbocycles. The fourth-order valence-corrected chi connectivity index (χ4v) is 4.08. The van der Waals surface area contributed by atoms with Crippen LogP contribution in [0.5, 0.6) is 0 Å². The summed E-state index contributed by atoms with van der Waals surface area (Å²) in [5, 5.41) is 0. The highest BCUT2D eigenvalue weighted by molar-refractivity contribution is 6.69. The fourth-order valence-electron chi connectivity index (χ4n) is 3.01. The van der Waals surface area contributed by atoms with Crippen molar-refractivity contribution in [3.8, 4) is 0 Å². The molecule has 2 atom stereocenters. The van der Waals surface area contributed by atoms with Gasteiger partial charge in [0.25, 0.3) is 6.47 Å². The molecule has 0 aromatic carbocycles. The monoisotopic (exact) mass is 398 g/mol. The highest BCUT2D eigenvalue weighted by Gasteiger charge is 2.21. The molecular formula is C22H42O4Si. The van der Waals surface area contributed by atoms with Crippen LogP contribution >= 0.6 is 0 Å². The first kappa shape index (κ1) is 26.1. The van der Waals surface area contributed by atoms with Gasteiger partial charge in [-0.25, -0.2) is 0 Å². The molecule has 158 valence electrons. The Bertz CT molecular complexity index is 415. The van der Waals surface area contributed by atoms with Crippen molar-refractivity contribution in [1.82, 2.24) is 0 Å². The van der Waals surface area contributed by atoms with Crippen molar-refractivity contribution < 1.29 is 18.8 Å². The van der Waals surface area contributed by atoms with E-state index in [2.05, 4.69) is 45.6 Å². The van der Waals surface area contributed by atoms with Crippen LogP contribution in [0, 0.1) is 0 Å². The van der Waals surface area contributed by atoms with Crippen LogP contribution in [0.15, 0.2) is 12.2 Å². The van der Waals surface area contributed by atoms with Gasteiger partial charge >= 0.3 is 0 Å². The summed E-state index contributed by atoms with van der Waals surface area (Å²) < 4.78 is 11.4. The lowest BCUT2D eigenvalue weighted by atomic mass is 10.0. The zero-order valence-corrected chi connectivity index (χ0v) is 19.3. The lowest BCUT2D eigenvalue weighted by molar-refractivity contribution is -0.134. The van der Waals surface area contributed by atoms with Crippen LogP contribution in [0.4, 0.5) is 0 Å². The van der Waals surface area contributed by atoms with Gasteiger partial charge in [-0.3, -0.25) is 9.59 Å². The Balaban J connectivity index is 4.39. The number of ketones is 1. The third kappa shape index (κ3) is 16.9. The van der Waals surface area contributed by atoms with Crippen LogP contribution in [0.25, 0.3) is 0 Å². The molecule has 5 heteroatoms. The van der Waals surface area contributed by atoms with Gasteiger partial charge in [0, 0.05) is 12.8 Å². The van der Waals surface area contributed by atoms with Gasteiger partial charge in [-0.05, 0) is 51.7 Å². The summed E-state index contributed by atoms with van der Waals surface area (Å²) in [7, 11) is -1.70. The minimum Gasteiger partial charge on any atom is -0.465 e. The number of hydrogen-bond donors (Lipinski definition) is 0. The molecule has 0 amide bonds. The van der Waals surface area contributed by atoms with Gasteiger partial charge in [-0.15, -0.1) is 0 Å². The van der Waals surface area contributed by atoms with E-state index in [9.17, 15) is 9.59 Å². The van der Waals surface area contributed by atoms with Gasteiger partial charge < -0.3 is 9.16 Å². The van der Waals surface area contributed by atoms with E-state index >= 15 is 0 Å². The molecule has 0 fully saturated rings. The molecule has 0 aliphatic heterocycles. The number of unbranched alkanes of at least 4 members (excludes halogenated alkanes) is 4. The van der Waals surface area contributed by atoms with E-state index in [0.717, 1.165) is 44.9 Å². The lowest BCUT2D eigenvalue weighted by Crippen LogP contribution is -2.32. The Morgan fingerprint density at radius 2 is 1.67 bits per heavy atom. The Morgan fingerprint density at radius 1 is 1.00 bits per heavy atom. The third-order valence-corrected chi connectivity index (χ3v) is 5.38. The summed E-state index contributed by atoms with van der Waals surface area (Å²) in [5.41, 5.74) is 0. The average molecular weight is 399 g/mol. The van der Waals surface area contributed by atoms with Crippen molar-refractivity contribution in [1.29, 1.82) is 0 Å². The normalized spacial score (nSPS) is 14.3. The molecule has 0 aliphatic rings. The summed E-state index contributed by atoms with van der Waals surface area (Å²) in [5.74, 6) is 0.233. The second-order valence-electron chi connectivity index (χ2n) is 8.32. The van der Waals surface area contributed by atoms with E-state index < -0.39 is 8.32 Å². The molecule has 0 N–H and O–H groups in total. The van der Waals surface area contributed by atoms with E-state index in [-0.39, 0.29) is 18.0 Å². The lowest BCUT2D eigenvalue weighted by Gasteiger charge is -2.24. The zero-order valence-electron chi connectivity index (χ0n) is 18.3. The van der Waals surface area contributed by atoms with E-state index in [0.29, 0.717) is 19.3 Å². The molecule has 0 saturated carbocycles. The minimum absolute atomic E-state index is 0.0511. The molecule has 4 nitrogen and oxygen atoms in total. The molecule has 27 heavy (non-hydrogen) atoms. The quantitative estimate of drug-likeness (QED) is 0.119. The van der Waals surface area contributed by atoms with E-state index in [1.165, 1.54) is 12.8 Å². The largest absolute Gasteiger partial charge is 0.465 e. The smallest absolute Gasteiger partial charge is 0.293 e. The van der Waals surface area contributed by atoms with Gasteiger partial charge in [0.15, 0.2) is 8.32 Å². The molecule has 0 radical (unpaired) electrons. The Hall–Kier alpha value is -0.943. The summed E-state index contributed by atoms with van der Waals surface area (Å²) in [6, 6.07) is 0. The molecule has 0 bridgehead atoms. The second-order valence-corrected chi connectivity index (χ2v) is 12.8. The van der Waals surface area contributed by atoms with Crippen molar-refractivity contribution in [2.24, 2.45) is 0 Å². The molecule has 0 spiro atoms. The Labute approximate surface area is 168 Å². The maximum atomic E-state index is 12.4. The highest BCUT2D eigenvalue weighted by Crippen LogP contribution is 2.16. The maximum absolute atomic E-state index is 12.4. The standard InChI is InChI=1S/C22H42O4Si/c1-6-8-10-12-16-22(26-27(3,4)5)18-20(24)14-13-17-21(25-19-23)15-11-9-7-2/h12,16,19,21-22H,6-11,13-15,17-18H2,1-5H3/b16-12+/t21-,22+/m1/s1. The Kier molecular flexibility index (Phi) is 15.5.